The van der Waals surface area contributed by atoms with Crippen LogP contribution in [0.15, 0.2) is 12.1 Å². The predicted octanol–water partition coefficient (Wildman–Crippen LogP) is 1.62. The van der Waals surface area contributed by atoms with Crippen LogP contribution in [0.25, 0.3) is 0 Å². The van der Waals surface area contributed by atoms with Crippen LogP contribution in [-0.4, -0.2) is 21.9 Å². The summed E-state index contributed by atoms with van der Waals surface area (Å²) in [6.07, 6.45) is -0.679. The van der Waals surface area contributed by atoms with Gasteiger partial charge in [0.05, 0.1) is 10.6 Å². The van der Waals surface area contributed by atoms with Gasteiger partial charge in [0.1, 0.15) is 6.42 Å². The van der Waals surface area contributed by atoms with Crippen molar-refractivity contribution in [2.75, 3.05) is 5.32 Å². The van der Waals surface area contributed by atoms with Crippen LogP contribution in [0.2, 0.25) is 0 Å². The summed E-state index contributed by atoms with van der Waals surface area (Å²) in [4.78, 5) is 31.8. The van der Waals surface area contributed by atoms with Crippen LogP contribution < -0.4 is 5.32 Å². The number of anilines is 1. The molecule has 1 aromatic carbocycles. The van der Waals surface area contributed by atoms with Crippen molar-refractivity contribution in [2.24, 2.45) is 0 Å². The summed E-state index contributed by atoms with van der Waals surface area (Å²) in [6.45, 7) is 3.26. The number of nitrogens with one attached hydrogen (secondary N) is 1. The smallest absolute Gasteiger partial charge is 0.312 e. The van der Waals surface area contributed by atoms with Gasteiger partial charge in [-0.2, -0.15) is 0 Å². The van der Waals surface area contributed by atoms with E-state index in [1.54, 1.807) is 19.9 Å². The van der Waals surface area contributed by atoms with Crippen molar-refractivity contribution in [3.63, 3.8) is 0 Å². The first kappa shape index (κ1) is 13.6. The van der Waals surface area contributed by atoms with Crippen LogP contribution in [0.5, 0.6) is 0 Å². The van der Waals surface area contributed by atoms with Crippen LogP contribution in [-0.2, 0) is 9.59 Å². The van der Waals surface area contributed by atoms with Gasteiger partial charge in [-0.25, -0.2) is 0 Å². The van der Waals surface area contributed by atoms with Crippen molar-refractivity contribution in [1.29, 1.82) is 0 Å². The molecule has 7 nitrogen and oxygen atoms in total. The van der Waals surface area contributed by atoms with Gasteiger partial charge in [-0.1, -0.05) is 0 Å². The van der Waals surface area contributed by atoms with Crippen molar-refractivity contribution in [3.8, 4) is 0 Å². The Kier molecular flexibility index (Phi) is 3.98. The van der Waals surface area contributed by atoms with E-state index < -0.39 is 23.2 Å². The zero-order valence-corrected chi connectivity index (χ0v) is 9.89. The van der Waals surface area contributed by atoms with Crippen LogP contribution in [0.4, 0.5) is 11.4 Å². The van der Waals surface area contributed by atoms with Gasteiger partial charge in [0.25, 0.3) is 5.69 Å². The SMILES string of the molecule is Cc1cc(C)c([N+](=O)[O-])cc1NC(=O)CC(=O)O. The van der Waals surface area contributed by atoms with Gasteiger partial charge in [-0.05, 0) is 25.5 Å². The summed E-state index contributed by atoms with van der Waals surface area (Å²) in [5.41, 5.74) is 1.25. The summed E-state index contributed by atoms with van der Waals surface area (Å²) in [7, 11) is 0. The zero-order chi connectivity index (χ0) is 13.9. The molecular weight excluding hydrogens is 240 g/mol. The molecule has 0 heterocycles. The standard InChI is InChI=1S/C11H12N2O5/c1-6-3-7(2)9(13(17)18)4-8(6)12-10(14)5-11(15)16/h3-4H,5H2,1-2H3,(H,12,14)(H,15,16). The minimum absolute atomic E-state index is 0.119. The lowest BCUT2D eigenvalue weighted by Crippen LogP contribution is -2.16. The molecule has 0 aliphatic carbocycles. The minimum Gasteiger partial charge on any atom is -0.481 e. The average Bonchev–Trinajstić information content (AvgIpc) is 2.20. The van der Waals surface area contributed by atoms with Crippen molar-refractivity contribution in [3.05, 3.63) is 33.4 Å². The summed E-state index contributed by atoms with van der Waals surface area (Å²) in [5.74, 6) is -1.98. The van der Waals surface area contributed by atoms with Gasteiger partial charge in [-0.3, -0.25) is 19.7 Å². The molecular formula is C11H12N2O5. The maximum absolute atomic E-state index is 11.3. The molecule has 96 valence electrons. The molecule has 1 aromatic rings. The average molecular weight is 252 g/mol. The molecule has 1 amide bonds. The van der Waals surface area contributed by atoms with Crippen molar-refractivity contribution >= 4 is 23.3 Å². The maximum Gasteiger partial charge on any atom is 0.312 e. The van der Waals surface area contributed by atoms with E-state index in [4.69, 9.17) is 5.11 Å². The molecule has 0 saturated carbocycles. The van der Waals surface area contributed by atoms with Crippen molar-refractivity contribution in [2.45, 2.75) is 20.3 Å². The van der Waals surface area contributed by atoms with Gasteiger partial charge in [-0.15, -0.1) is 0 Å². The Morgan fingerprint density at radius 1 is 1.33 bits per heavy atom. The Morgan fingerprint density at radius 2 is 1.94 bits per heavy atom. The Bertz CT molecular complexity index is 524. The number of benzene rings is 1. The lowest BCUT2D eigenvalue weighted by Gasteiger charge is -2.08. The first-order valence-electron chi connectivity index (χ1n) is 5.08. The number of nitro groups is 1. The van der Waals surface area contributed by atoms with E-state index in [0.717, 1.165) is 0 Å². The lowest BCUT2D eigenvalue weighted by molar-refractivity contribution is -0.385. The monoisotopic (exact) mass is 252 g/mol. The Labute approximate surface area is 103 Å². The van der Waals surface area contributed by atoms with Crippen molar-refractivity contribution in [1.82, 2.24) is 0 Å². The van der Waals surface area contributed by atoms with Gasteiger partial charge in [0.2, 0.25) is 5.91 Å². The number of amides is 1. The second-order valence-corrected chi connectivity index (χ2v) is 3.83. The van der Waals surface area contributed by atoms with Crippen LogP contribution >= 0.6 is 0 Å². The molecule has 0 fully saturated rings. The minimum atomic E-state index is -1.26. The fraction of sp³-hybridized carbons (Fsp3) is 0.273. The molecule has 0 bridgehead atoms. The zero-order valence-electron chi connectivity index (χ0n) is 9.89. The number of carbonyl (C=O) groups is 2. The summed E-state index contributed by atoms with van der Waals surface area (Å²) in [5, 5.41) is 21.5. The number of hydrogen-bond acceptors (Lipinski definition) is 4. The van der Waals surface area contributed by atoms with Gasteiger partial charge < -0.3 is 10.4 Å². The molecule has 0 unspecified atom stereocenters. The van der Waals surface area contributed by atoms with E-state index in [2.05, 4.69) is 5.32 Å². The number of nitrogens with zero attached hydrogens (tertiary/aromatic N) is 1. The van der Waals surface area contributed by atoms with Crippen LogP contribution in [0.1, 0.15) is 17.5 Å². The number of carboxylic acids is 1. The molecule has 0 spiro atoms. The van der Waals surface area contributed by atoms with E-state index in [1.165, 1.54) is 6.07 Å². The molecule has 2 N–H and O–H groups in total. The molecule has 7 heteroatoms. The molecule has 0 saturated heterocycles. The molecule has 1 rings (SSSR count). The largest absolute Gasteiger partial charge is 0.481 e. The predicted molar refractivity (Wildman–Crippen MR) is 63.5 cm³/mol. The number of carboxylic acid groups (broad SMARTS) is 1. The van der Waals surface area contributed by atoms with E-state index in [9.17, 15) is 19.7 Å². The number of nitro benzene ring substituents is 1. The maximum atomic E-state index is 11.3. The molecule has 0 aromatic heterocycles. The highest BCUT2D eigenvalue weighted by molar-refractivity contribution is 6.01. The second kappa shape index (κ2) is 5.26. The van der Waals surface area contributed by atoms with Crippen LogP contribution in [0, 0.1) is 24.0 Å². The molecule has 0 aliphatic heterocycles. The summed E-state index contributed by atoms with van der Waals surface area (Å²) in [6, 6.07) is 2.79. The van der Waals surface area contributed by atoms with E-state index >= 15 is 0 Å². The van der Waals surface area contributed by atoms with E-state index in [0.29, 0.717) is 11.1 Å². The number of carbonyl (C=O) groups excluding carboxylic acids is 1. The molecule has 0 radical (unpaired) electrons. The second-order valence-electron chi connectivity index (χ2n) is 3.83. The Balaban J connectivity index is 3.02. The highest BCUT2D eigenvalue weighted by Crippen LogP contribution is 2.26. The fourth-order valence-electron chi connectivity index (χ4n) is 1.50. The van der Waals surface area contributed by atoms with E-state index in [-0.39, 0.29) is 11.4 Å². The number of aliphatic carboxylic acids is 1. The number of hydrogen-bond donors (Lipinski definition) is 2. The molecule has 0 atom stereocenters. The molecule has 18 heavy (non-hydrogen) atoms. The fourth-order valence-corrected chi connectivity index (χ4v) is 1.50. The Hall–Kier alpha value is -2.44. The topological polar surface area (TPSA) is 110 Å². The van der Waals surface area contributed by atoms with Gasteiger partial charge in [0.15, 0.2) is 0 Å². The van der Waals surface area contributed by atoms with E-state index in [1.807, 2.05) is 0 Å². The third kappa shape index (κ3) is 3.27. The number of aryl methyl sites for hydroxylation is 2. The lowest BCUT2D eigenvalue weighted by atomic mass is 10.1. The summed E-state index contributed by atoms with van der Waals surface area (Å²) >= 11 is 0. The highest BCUT2D eigenvalue weighted by atomic mass is 16.6. The first-order chi connectivity index (χ1) is 8.31. The number of rotatable bonds is 4. The van der Waals surface area contributed by atoms with Crippen molar-refractivity contribution < 1.29 is 19.6 Å². The molecule has 0 aliphatic rings. The quantitative estimate of drug-likeness (QED) is 0.480. The third-order valence-electron chi connectivity index (χ3n) is 2.33. The Morgan fingerprint density at radius 3 is 2.44 bits per heavy atom. The first-order valence-corrected chi connectivity index (χ1v) is 5.08. The summed E-state index contributed by atoms with van der Waals surface area (Å²) < 4.78 is 0. The van der Waals surface area contributed by atoms with Gasteiger partial charge in [0, 0.05) is 11.6 Å². The third-order valence-corrected chi connectivity index (χ3v) is 2.33. The van der Waals surface area contributed by atoms with Crippen LogP contribution in [0.3, 0.4) is 0 Å². The highest BCUT2D eigenvalue weighted by Gasteiger charge is 2.16. The normalized spacial score (nSPS) is 9.89. The van der Waals surface area contributed by atoms with Gasteiger partial charge >= 0.3 is 5.97 Å².